The van der Waals surface area contributed by atoms with Crippen LogP contribution in [0.2, 0.25) is 0 Å². The second kappa shape index (κ2) is 6.96. The van der Waals surface area contributed by atoms with Gasteiger partial charge in [0.25, 0.3) is 0 Å². The second-order valence-electron chi connectivity index (χ2n) is 5.38. The van der Waals surface area contributed by atoms with Gasteiger partial charge in [0, 0.05) is 6.54 Å². The number of fused-ring (bicyclic) bond motifs is 1. The zero-order valence-electron chi connectivity index (χ0n) is 12.6. The minimum Gasteiger partial charge on any atom is -0.445 e. The fourth-order valence-corrected chi connectivity index (χ4v) is 2.63. The number of carbonyl (C=O) groups is 2. The quantitative estimate of drug-likeness (QED) is 0.914. The monoisotopic (exact) mass is 310 g/mol. The highest BCUT2D eigenvalue weighted by Crippen LogP contribution is 2.21. The molecule has 0 bridgehead atoms. The van der Waals surface area contributed by atoms with Crippen molar-refractivity contribution in [3.63, 3.8) is 0 Å². The molecule has 5 nitrogen and oxygen atoms in total. The molecule has 118 valence electrons. The zero-order chi connectivity index (χ0) is 16.1. The Balaban J connectivity index is 1.68. The maximum absolute atomic E-state index is 12.2. The Morgan fingerprint density at radius 1 is 1.13 bits per heavy atom. The van der Waals surface area contributed by atoms with Crippen LogP contribution in [0.4, 0.5) is 4.79 Å². The maximum atomic E-state index is 12.2. The van der Waals surface area contributed by atoms with E-state index in [1.54, 1.807) is 0 Å². The van der Waals surface area contributed by atoms with E-state index in [1.165, 1.54) is 0 Å². The molecule has 0 saturated carbocycles. The van der Waals surface area contributed by atoms with E-state index in [2.05, 4.69) is 10.6 Å². The number of alkyl carbamates (subject to hydrolysis) is 1. The van der Waals surface area contributed by atoms with Gasteiger partial charge in [0.05, 0.1) is 0 Å². The summed E-state index contributed by atoms with van der Waals surface area (Å²) in [6.45, 7) is 0.732. The molecule has 3 rings (SSSR count). The molecule has 0 saturated heterocycles. The lowest BCUT2D eigenvalue weighted by Crippen LogP contribution is -2.39. The first kappa shape index (κ1) is 15.1. The van der Waals surface area contributed by atoms with Gasteiger partial charge in [-0.15, -0.1) is 0 Å². The molecule has 5 heteroatoms. The Labute approximate surface area is 134 Å². The van der Waals surface area contributed by atoms with Gasteiger partial charge >= 0.3 is 6.09 Å². The summed E-state index contributed by atoms with van der Waals surface area (Å²) in [6.07, 6.45) is 0.143. The smallest absolute Gasteiger partial charge is 0.408 e. The van der Waals surface area contributed by atoms with Crippen molar-refractivity contribution in [3.05, 3.63) is 71.3 Å². The number of ether oxygens (including phenoxy) is 1. The SMILES string of the molecule is O=C(N[C@@H]1C(=O)NCCc2ccccc21)OCc1ccccc1. The van der Waals surface area contributed by atoms with E-state index in [4.69, 9.17) is 4.74 Å². The number of benzene rings is 2. The van der Waals surface area contributed by atoms with E-state index in [-0.39, 0.29) is 12.5 Å². The Morgan fingerprint density at radius 2 is 1.87 bits per heavy atom. The Hall–Kier alpha value is -2.82. The molecule has 0 spiro atoms. The van der Waals surface area contributed by atoms with Crippen molar-refractivity contribution in [1.29, 1.82) is 0 Å². The standard InChI is InChI=1S/C18H18N2O3/c21-17-16(15-9-5-4-8-14(15)10-11-19-17)20-18(22)23-12-13-6-2-1-3-7-13/h1-9,16H,10-12H2,(H,19,21)(H,20,22)/t16-/m0/s1. The van der Waals surface area contributed by atoms with E-state index in [0.29, 0.717) is 6.54 Å². The van der Waals surface area contributed by atoms with Gasteiger partial charge in [0.15, 0.2) is 0 Å². The lowest BCUT2D eigenvalue weighted by atomic mass is 9.99. The van der Waals surface area contributed by atoms with Crippen LogP contribution in [0.5, 0.6) is 0 Å². The molecule has 0 radical (unpaired) electrons. The Morgan fingerprint density at radius 3 is 2.70 bits per heavy atom. The fraction of sp³-hybridized carbons (Fsp3) is 0.222. The van der Waals surface area contributed by atoms with Crippen LogP contribution < -0.4 is 10.6 Å². The molecule has 1 heterocycles. The molecule has 2 N–H and O–H groups in total. The molecule has 1 aliphatic heterocycles. The van der Waals surface area contributed by atoms with Gasteiger partial charge in [-0.3, -0.25) is 4.79 Å². The van der Waals surface area contributed by atoms with Crippen molar-refractivity contribution in [2.45, 2.75) is 19.1 Å². The largest absolute Gasteiger partial charge is 0.445 e. The average molecular weight is 310 g/mol. The van der Waals surface area contributed by atoms with Crippen LogP contribution in [0.3, 0.4) is 0 Å². The van der Waals surface area contributed by atoms with Crippen molar-refractivity contribution in [2.24, 2.45) is 0 Å². The number of hydrogen-bond acceptors (Lipinski definition) is 3. The highest BCUT2D eigenvalue weighted by atomic mass is 16.5. The predicted molar refractivity (Wildman–Crippen MR) is 85.7 cm³/mol. The van der Waals surface area contributed by atoms with Crippen LogP contribution in [0.25, 0.3) is 0 Å². The van der Waals surface area contributed by atoms with Crippen LogP contribution in [0, 0.1) is 0 Å². The van der Waals surface area contributed by atoms with Crippen molar-refractivity contribution in [1.82, 2.24) is 10.6 Å². The lowest BCUT2D eigenvalue weighted by Gasteiger charge is -2.17. The molecular weight excluding hydrogens is 292 g/mol. The van der Waals surface area contributed by atoms with Gasteiger partial charge in [-0.2, -0.15) is 0 Å². The van der Waals surface area contributed by atoms with E-state index < -0.39 is 12.1 Å². The lowest BCUT2D eigenvalue weighted by molar-refractivity contribution is -0.123. The van der Waals surface area contributed by atoms with Crippen LogP contribution in [0.15, 0.2) is 54.6 Å². The number of hydrogen-bond donors (Lipinski definition) is 2. The molecular formula is C18H18N2O3. The summed E-state index contributed by atoms with van der Waals surface area (Å²) >= 11 is 0. The number of rotatable bonds is 3. The maximum Gasteiger partial charge on any atom is 0.408 e. The zero-order valence-corrected chi connectivity index (χ0v) is 12.6. The summed E-state index contributed by atoms with van der Waals surface area (Å²) in [5.74, 6) is -0.216. The van der Waals surface area contributed by atoms with Gasteiger partial charge in [-0.1, -0.05) is 54.6 Å². The normalized spacial score (nSPS) is 16.7. The van der Waals surface area contributed by atoms with Gasteiger partial charge < -0.3 is 15.4 Å². The third-order valence-corrected chi connectivity index (χ3v) is 3.80. The molecule has 2 aromatic carbocycles. The highest BCUT2D eigenvalue weighted by Gasteiger charge is 2.27. The topological polar surface area (TPSA) is 67.4 Å². The van der Waals surface area contributed by atoms with Crippen molar-refractivity contribution in [3.8, 4) is 0 Å². The average Bonchev–Trinajstić information content (AvgIpc) is 2.74. The van der Waals surface area contributed by atoms with Gasteiger partial charge in [-0.05, 0) is 23.1 Å². The number of nitrogens with one attached hydrogen (secondary N) is 2. The van der Waals surface area contributed by atoms with Crippen molar-refractivity contribution >= 4 is 12.0 Å². The molecule has 0 fully saturated rings. The summed E-state index contributed by atoms with van der Waals surface area (Å²) in [4.78, 5) is 24.2. The highest BCUT2D eigenvalue weighted by molar-refractivity contribution is 5.87. The first-order valence-electron chi connectivity index (χ1n) is 7.57. The minimum absolute atomic E-state index is 0.169. The minimum atomic E-state index is -0.725. The first-order chi connectivity index (χ1) is 11.2. The second-order valence-corrected chi connectivity index (χ2v) is 5.38. The van der Waals surface area contributed by atoms with Crippen molar-refractivity contribution in [2.75, 3.05) is 6.54 Å². The molecule has 0 unspecified atom stereocenters. The Kier molecular flexibility index (Phi) is 4.57. The van der Waals surface area contributed by atoms with E-state index in [0.717, 1.165) is 23.1 Å². The van der Waals surface area contributed by atoms with E-state index >= 15 is 0 Å². The van der Waals surface area contributed by atoms with Crippen molar-refractivity contribution < 1.29 is 14.3 Å². The third-order valence-electron chi connectivity index (χ3n) is 3.80. The third kappa shape index (κ3) is 3.69. The number of carbonyl (C=O) groups excluding carboxylic acids is 2. The molecule has 2 aromatic rings. The van der Waals surface area contributed by atoms with Gasteiger partial charge in [-0.25, -0.2) is 4.79 Å². The summed E-state index contributed by atoms with van der Waals surface area (Å²) < 4.78 is 5.20. The molecule has 0 aliphatic carbocycles. The molecule has 1 atom stereocenters. The number of amides is 2. The van der Waals surface area contributed by atoms with E-state index in [1.807, 2.05) is 54.6 Å². The molecule has 23 heavy (non-hydrogen) atoms. The van der Waals surface area contributed by atoms with Crippen LogP contribution >= 0.6 is 0 Å². The fourth-order valence-electron chi connectivity index (χ4n) is 2.63. The summed E-state index contributed by atoms with van der Waals surface area (Å²) in [5, 5.41) is 5.47. The molecule has 1 aliphatic rings. The Bertz CT molecular complexity index is 700. The predicted octanol–water partition coefficient (Wildman–Crippen LogP) is 2.33. The summed E-state index contributed by atoms with van der Waals surface area (Å²) in [5.41, 5.74) is 2.77. The van der Waals surface area contributed by atoms with E-state index in [9.17, 15) is 9.59 Å². The molecule has 0 aromatic heterocycles. The first-order valence-corrected chi connectivity index (χ1v) is 7.57. The molecule has 2 amide bonds. The van der Waals surface area contributed by atoms with Crippen LogP contribution in [-0.4, -0.2) is 18.5 Å². The van der Waals surface area contributed by atoms with Crippen LogP contribution in [-0.2, 0) is 22.6 Å². The van der Waals surface area contributed by atoms with Crippen LogP contribution in [0.1, 0.15) is 22.7 Å². The summed E-state index contributed by atoms with van der Waals surface area (Å²) in [6, 6.07) is 16.3. The summed E-state index contributed by atoms with van der Waals surface area (Å²) in [7, 11) is 0. The van der Waals surface area contributed by atoms with Gasteiger partial charge in [0.1, 0.15) is 12.6 Å². The van der Waals surface area contributed by atoms with Gasteiger partial charge in [0.2, 0.25) is 5.91 Å².